The number of methoxy groups -OCH3 is 1. The van der Waals surface area contributed by atoms with Crippen molar-refractivity contribution in [3.8, 4) is 16.3 Å². The lowest BCUT2D eigenvalue weighted by Crippen LogP contribution is -2.13. The van der Waals surface area contributed by atoms with Gasteiger partial charge in [-0.3, -0.25) is 5.32 Å². The molecule has 1 amide bonds. The first-order chi connectivity index (χ1) is 16.1. The van der Waals surface area contributed by atoms with Crippen molar-refractivity contribution in [2.24, 2.45) is 0 Å². The van der Waals surface area contributed by atoms with E-state index in [0.717, 1.165) is 69.4 Å². The molecule has 1 aliphatic heterocycles. The fourth-order valence-corrected chi connectivity index (χ4v) is 5.28. The number of thiazole rings is 1. The van der Waals surface area contributed by atoms with Crippen LogP contribution in [0.25, 0.3) is 21.6 Å². The zero-order valence-corrected chi connectivity index (χ0v) is 19.8. The number of ether oxygens (including phenoxy) is 2. The molecule has 170 valence electrons. The van der Waals surface area contributed by atoms with Crippen molar-refractivity contribution in [2.75, 3.05) is 12.4 Å². The fourth-order valence-electron chi connectivity index (χ4n) is 4.21. The molecule has 0 fully saturated rings. The number of imidazole rings is 1. The van der Waals surface area contributed by atoms with Crippen LogP contribution in [0.1, 0.15) is 36.0 Å². The van der Waals surface area contributed by atoms with E-state index in [-0.39, 0.29) is 6.61 Å². The minimum absolute atomic E-state index is 0.183. The molecule has 0 radical (unpaired) electrons. The molecule has 0 aliphatic carbocycles. The van der Waals surface area contributed by atoms with Crippen LogP contribution in [0.2, 0.25) is 0 Å². The first kappa shape index (κ1) is 21.5. The molecule has 2 aromatic carbocycles. The number of nitrogens with zero attached hydrogens (tertiary/aromatic N) is 3. The highest BCUT2D eigenvalue weighted by atomic mass is 32.1. The Bertz CT molecular complexity index is 1340. The second-order valence-electron chi connectivity index (χ2n) is 8.16. The Kier molecular flexibility index (Phi) is 5.76. The Morgan fingerprint density at radius 1 is 1.21 bits per heavy atom. The van der Waals surface area contributed by atoms with Gasteiger partial charge >= 0.3 is 6.09 Å². The normalized spacial score (nSPS) is 12.7. The van der Waals surface area contributed by atoms with Crippen LogP contribution in [0.5, 0.6) is 5.75 Å². The van der Waals surface area contributed by atoms with E-state index in [1.807, 2.05) is 44.2 Å². The van der Waals surface area contributed by atoms with Crippen LogP contribution in [0, 0.1) is 6.92 Å². The third-order valence-corrected chi connectivity index (χ3v) is 6.93. The number of carbonyl (C=O) groups is 1. The Morgan fingerprint density at radius 2 is 2.09 bits per heavy atom. The minimum atomic E-state index is -0.497. The molecule has 0 bridgehead atoms. The first-order valence-corrected chi connectivity index (χ1v) is 11.9. The number of amides is 1. The van der Waals surface area contributed by atoms with Gasteiger partial charge in [-0.2, -0.15) is 0 Å². The molecular formula is C25H26N4O3S. The van der Waals surface area contributed by atoms with E-state index in [4.69, 9.17) is 19.4 Å². The highest BCUT2D eigenvalue weighted by Gasteiger charge is 2.18. The zero-order valence-electron chi connectivity index (χ0n) is 19.0. The predicted octanol–water partition coefficient (Wildman–Crippen LogP) is 5.73. The Labute approximate surface area is 196 Å². The smallest absolute Gasteiger partial charge is 0.412 e. The summed E-state index contributed by atoms with van der Waals surface area (Å²) in [6.07, 6.45) is 2.37. The third-order valence-electron chi connectivity index (χ3n) is 5.88. The largest absolute Gasteiger partial charge is 0.496 e. The molecule has 0 atom stereocenters. The van der Waals surface area contributed by atoms with Gasteiger partial charge in [0, 0.05) is 13.0 Å². The lowest BCUT2D eigenvalue weighted by Gasteiger charge is -2.07. The molecule has 4 aromatic rings. The van der Waals surface area contributed by atoms with Gasteiger partial charge < -0.3 is 14.0 Å². The number of benzene rings is 2. The van der Waals surface area contributed by atoms with Crippen molar-refractivity contribution >= 4 is 33.5 Å². The Balaban J connectivity index is 1.28. The fraction of sp³-hybridized carbons (Fsp3) is 0.320. The van der Waals surface area contributed by atoms with E-state index < -0.39 is 6.09 Å². The number of aromatic nitrogens is 3. The van der Waals surface area contributed by atoms with Crippen LogP contribution < -0.4 is 10.1 Å². The molecule has 8 heteroatoms. The molecule has 7 nitrogen and oxygen atoms in total. The van der Waals surface area contributed by atoms with E-state index >= 15 is 0 Å². The molecule has 0 saturated carbocycles. The Morgan fingerprint density at radius 3 is 2.91 bits per heavy atom. The topological polar surface area (TPSA) is 78.3 Å². The van der Waals surface area contributed by atoms with Crippen molar-refractivity contribution in [2.45, 2.75) is 46.3 Å². The second kappa shape index (κ2) is 8.86. The van der Waals surface area contributed by atoms with Crippen molar-refractivity contribution in [3.63, 3.8) is 0 Å². The van der Waals surface area contributed by atoms with Crippen LogP contribution in [0.15, 0.2) is 36.4 Å². The maximum Gasteiger partial charge on any atom is 0.412 e. The lowest BCUT2D eigenvalue weighted by atomic mass is 10.1. The van der Waals surface area contributed by atoms with Gasteiger partial charge in [0.25, 0.3) is 0 Å². The number of fused-ring (bicyclic) bond motifs is 3. The van der Waals surface area contributed by atoms with Gasteiger partial charge in [0.15, 0.2) is 0 Å². The lowest BCUT2D eigenvalue weighted by molar-refractivity contribution is 0.155. The monoisotopic (exact) mass is 462 g/mol. The van der Waals surface area contributed by atoms with E-state index in [9.17, 15) is 4.79 Å². The summed E-state index contributed by atoms with van der Waals surface area (Å²) in [6, 6.07) is 12.1. The average Bonchev–Trinajstić information content (AvgIpc) is 3.51. The number of hydrogen-bond donors (Lipinski definition) is 1. The molecule has 1 N–H and O–H groups in total. The molecule has 3 heterocycles. The van der Waals surface area contributed by atoms with Gasteiger partial charge in [-0.05, 0) is 55.2 Å². The number of aryl methyl sites for hydroxylation is 4. The average molecular weight is 463 g/mol. The molecule has 0 unspecified atom stereocenters. The van der Waals surface area contributed by atoms with Crippen molar-refractivity contribution in [1.29, 1.82) is 0 Å². The number of carbonyl (C=O) groups excluding carboxylic acids is 1. The van der Waals surface area contributed by atoms with E-state index in [2.05, 4.69) is 16.0 Å². The Hall–Kier alpha value is -3.39. The molecule has 0 spiro atoms. The van der Waals surface area contributed by atoms with Gasteiger partial charge in [0.05, 0.1) is 29.4 Å². The van der Waals surface area contributed by atoms with Gasteiger partial charge in [0.2, 0.25) is 0 Å². The van der Waals surface area contributed by atoms with Crippen molar-refractivity contribution < 1.29 is 14.3 Å². The molecule has 1 aliphatic rings. The molecule has 2 aromatic heterocycles. The maximum absolute atomic E-state index is 12.5. The first-order valence-electron chi connectivity index (χ1n) is 11.1. The quantitative estimate of drug-likeness (QED) is 0.396. The minimum Gasteiger partial charge on any atom is -0.496 e. The maximum atomic E-state index is 12.5. The summed E-state index contributed by atoms with van der Waals surface area (Å²) in [5, 5.41) is 4.37. The summed E-state index contributed by atoms with van der Waals surface area (Å²) in [5.41, 5.74) is 5.86. The van der Waals surface area contributed by atoms with Gasteiger partial charge in [-0.1, -0.05) is 30.4 Å². The summed E-state index contributed by atoms with van der Waals surface area (Å²) >= 11 is 1.42. The van der Waals surface area contributed by atoms with Crippen LogP contribution in [-0.4, -0.2) is 27.7 Å². The van der Waals surface area contributed by atoms with E-state index in [0.29, 0.717) is 11.4 Å². The summed E-state index contributed by atoms with van der Waals surface area (Å²) < 4.78 is 13.3. The van der Waals surface area contributed by atoms with Crippen molar-refractivity contribution in [3.05, 3.63) is 59.0 Å². The standard InChI is InChI=1S/C25H26N4O3S/c1-4-18-24(33-23(27-18)17-9-7-15(2)12-21(17)31-3)28-25(30)32-14-16-8-10-20-19(13-16)26-22-6-5-11-29(20)22/h7-10,12-13H,4-6,11,14H2,1-3H3,(H,28,30). The van der Waals surface area contributed by atoms with Crippen LogP contribution in [-0.2, 0) is 30.7 Å². The highest BCUT2D eigenvalue weighted by molar-refractivity contribution is 7.19. The molecule has 0 saturated heterocycles. The van der Waals surface area contributed by atoms with Gasteiger partial charge in [-0.15, -0.1) is 0 Å². The molecular weight excluding hydrogens is 436 g/mol. The summed E-state index contributed by atoms with van der Waals surface area (Å²) in [4.78, 5) is 22.0. The number of nitrogens with one attached hydrogen (secondary N) is 1. The van der Waals surface area contributed by atoms with Gasteiger partial charge in [-0.25, -0.2) is 14.8 Å². The third kappa shape index (κ3) is 4.18. The summed E-state index contributed by atoms with van der Waals surface area (Å²) in [7, 11) is 1.65. The molecule has 33 heavy (non-hydrogen) atoms. The number of hydrogen-bond acceptors (Lipinski definition) is 6. The number of rotatable bonds is 6. The second-order valence-corrected chi connectivity index (χ2v) is 9.16. The number of anilines is 1. The van der Waals surface area contributed by atoms with Gasteiger partial charge in [0.1, 0.15) is 28.2 Å². The van der Waals surface area contributed by atoms with Crippen molar-refractivity contribution in [1.82, 2.24) is 14.5 Å². The van der Waals surface area contributed by atoms with Crippen LogP contribution in [0.3, 0.4) is 0 Å². The molecule has 5 rings (SSSR count). The van der Waals surface area contributed by atoms with Crippen LogP contribution in [0.4, 0.5) is 9.80 Å². The van der Waals surface area contributed by atoms with E-state index in [1.165, 1.54) is 11.3 Å². The van der Waals surface area contributed by atoms with E-state index in [1.54, 1.807) is 7.11 Å². The van der Waals surface area contributed by atoms with Crippen LogP contribution >= 0.6 is 11.3 Å². The highest BCUT2D eigenvalue weighted by Crippen LogP contribution is 2.37. The predicted molar refractivity (Wildman–Crippen MR) is 130 cm³/mol. The zero-order chi connectivity index (χ0) is 22.9. The summed E-state index contributed by atoms with van der Waals surface area (Å²) in [6.45, 7) is 5.24. The SMILES string of the molecule is CCc1nc(-c2ccc(C)cc2OC)sc1NC(=O)OCc1ccc2c(c1)nc1n2CCC1. The summed E-state index contributed by atoms with van der Waals surface area (Å²) in [5.74, 6) is 1.90.